The monoisotopic (exact) mass is 307 g/mol. The minimum atomic E-state index is -4.50. The minimum Gasteiger partial charge on any atom is -0.357 e. The van der Waals surface area contributed by atoms with Crippen molar-refractivity contribution in [3.05, 3.63) is 15.8 Å². The smallest absolute Gasteiger partial charge is 0.357 e. The molecule has 10 heteroatoms. The summed E-state index contributed by atoms with van der Waals surface area (Å²) in [7, 11) is 1.48. The predicted octanol–water partition coefficient (Wildman–Crippen LogP) is 2.51. The summed E-state index contributed by atoms with van der Waals surface area (Å²) in [4.78, 5) is 18.9. The highest BCUT2D eigenvalue weighted by molar-refractivity contribution is 5.63. The van der Waals surface area contributed by atoms with Crippen LogP contribution in [0.2, 0.25) is 0 Å². The van der Waals surface area contributed by atoms with Gasteiger partial charge in [0.15, 0.2) is 0 Å². The van der Waals surface area contributed by atoms with Gasteiger partial charge in [-0.1, -0.05) is 0 Å². The number of anilines is 2. The number of aromatic nitrogens is 2. The Morgan fingerprint density at radius 2 is 1.95 bits per heavy atom. The van der Waals surface area contributed by atoms with E-state index in [1.165, 1.54) is 27.8 Å². The molecule has 0 radical (unpaired) electrons. The van der Waals surface area contributed by atoms with E-state index in [0.29, 0.717) is 0 Å². The summed E-state index contributed by atoms with van der Waals surface area (Å²) in [5.41, 5.74) is -0.519. The van der Waals surface area contributed by atoms with Gasteiger partial charge in [-0.2, -0.15) is 18.2 Å². The second-order valence-corrected chi connectivity index (χ2v) is 4.65. The summed E-state index contributed by atoms with van der Waals surface area (Å²) in [6, 6.07) is -0.621. The first-order valence-corrected chi connectivity index (χ1v) is 6.11. The standard InChI is InChI=1S/C11H16F3N5O2/c1-6(2)18(5-11(12,13)14)9-8(19(20)21)7(3)16-10(15-4)17-9/h6H,5H2,1-4H3,(H,15,16,17). The topological polar surface area (TPSA) is 84.2 Å². The third-order valence-electron chi connectivity index (χ3n) is 2.69. The summed E-state index contributed by atoms with van der Waals surface area (Å²) in [6.45, 7) is 3.04. The van der Waals surface area contributed by atoms with Crippen molar-refractivity contribution in [3.63, 3.8) is 0 Å². The van der Waals surface area contributed by atoms with Gasteiger partial charge >= 0.3 is 11.9 Å². The zero-order chi connectivity index (χ0) is 16.4. The van der Waals surface area contributed by atoms with Gasteiger partial charge < -0.3 is 10.2 Å². The Hall–Kier alpha value is -2.13. The van der Waals surface area contributed by atoms with Crippen LogP contribution in [-0.2, 0) is 0 Å². The summed E-state index contributed by atoms with van der Waals surface area (Å²) in [6.07, 6.45) is -4.50. The molecular formula is C11H16F3N5O2. The Bertz CT molecular complexity index is 533. The molecule has 0 bridgehead atoms. The van der Waals surface area contributed by atoms with Crippen molar-refractivity contribution >= 4 is 17.5 Å². The lowest BCUT2D eigenvalue weighted by atomic mass is 10.2. The number of aryl methyl sites for hydroxylation is 1. The maximum atomic E-state index is 12.7. The first-order valence-electron chi connectivity index (χ1n) is 6.11. The van der Waals surface area contributed by atoms with E-state index in [1.807, 2.05) is 0 Å². The molecule has 1 aromatic heterocycles. The van der Waals surface area contributed by atoms with Crippen molar-refractivity contribution in [2.75, 3.05) is 23.8 Å². The molecular weight excluding hydrogens is 291 g/mol. The van der Waals surface area contributed by atoms with Crippen LogP contribution < -0.4 is 10.2 Å². The first kappa shape index (κ1) is 16.9. The lowest BCUT2D eigenvalue weighted by molar-refractivity contribution is -0.385. The number of rotatable bonds is 5. The molecule has 0 aliphatic carbocycles. The highest BCUT2D eigenvalue weighted by atomic mass is 19.4. The van der Waals surface area contributed by atoms with Crippen molar-refractivity contribution in [2.45, 2.75) is 33.0 Å². The molecule has 0 aliphatic heterocycles. The van der Waals surface area contributed by atoms with E-state index in [1.54, 1.807) is 0 Å². The van der Waals surface area contributed by atoms with Crippen LogP contribution in [-0.4, -0.2) is 40.7 Å². The highest BCUT2D eigenvalue weighted by Gasteiger charge is 2.36. The number of halogens is 3. The molecule has 0 saturated heterocycles. The van der Waals surface area contributed by atoms with Gasteiger partial charge in [-0.25, -0.2) is 4.98 Å². The first-order chi connectivity index (χ1) is 9.56. The lowest BCUT2D eigenvalue weighted by Gasteiger charge is -2.28. The number of nitrogens with zero attached hydrogens (tertiary/aromatic N) is 4. The number of hydrogen-bond acceptors (Lipinski definition) is 6. The largest absolute Gasteiger partial charge is 0.405 e. The van der Waals surface area contributed by atoms with Crippen LogP contribution in [0.1, 0.15) is 19.5 Å². The Labute approximate surface area is 119 Å². The van der Waals surface area contributed by atoms with Gasteiger partial charge in [-0.3, -0.25) is 10.1 Å². The van der Waals surface area contributed by atoms with Crippen LogP contribution in [0, 0.1) is 17.0 Å². The van der Waals surface area contributed by atoms with Crippen molar-refractivity contribution in [3.8, 4) is 0 Å². The van der Waals surface area contributed by atoms with Gasteiger partial charge in [0.2, 0.25) is 11.8 Å². The summed E-state index contributed by atoms with van der Waals surface area (Å²) < 4.78 is 38.1. The van der Waals surface area contributed by atoms with E-state index >= 15 is 0 Å². The average Bonchev–Trinajstić information content (AvgIpc) is 2.32. The van der Waals surface area contributed by atoms with Gasteiger partial charge in [0.05, 0.1) is 4.92 Å². The van der Waals surface area contributed by atoms with E-state index in [2.05, 4.69) is 15.3 Å². The molecule has 0 atom stereocenters. The third kappa shape index (κ3) is 4.17. The molecule has 118 valence electrons. The molecule has 0 aliphatic rings. The van der Waals surface area contributed by atoms with Gasteiger partial charge in [0.25, 0.3) is 0 Å². The molecule has 0 spiro atoms. The van der Waals surface area contributed by atoms with Crippen LogP contribution >= 0.6 is 0 Å². The zero-order valence-electron chi connectivity index (χ0n) is 12.0. The second kappa shape index (κ2) is 6.10. The molecule has 0 unspecified atom stereocenters. The fourth-order valence-corrected chi connectivity index (χ4v) is 1.77. The Kier molecular flexibility index (Phi) is 4.92. The Morgan fingerprint density at radius 1 is 1.38 bits per heavy atom. The normalized spacial score (nSPS) is 11.6. The van der Waals surface area contributed by atoms with Crippen molar-refractivity contribution in [2.24, 2.45) is 0 Å². The van der Waals surface area contributed by atoms with Crippen LogP contribution in [0.4, 0.5) is 30.6 Å². The molecule has 0 saturated carbocycles. The van der Waals surface area contributed by atoms with E-state index in [9.17, 15) is 23.3 Å². The van der Waals surface area contributed by atoms with Crippen molar-refractivity contribution in [1.29, 1.82) is 0 Å². The molecule has 7 nitrogen and oxygen atoms in total. The predicted molar refractivity (Wildman–Crippen MR) is 71.5 cm³/mol. The maximum absolute atomic E-state index is 12.7. The summed E-state index contributed by atoms with van der Waals surface area (Å²) >= 11 is 0. The fraction of sp³-hybridized carbons (Fsp3) is 0.636. The van der Waals surface area contributed by atoms with Gasteiger partial charge in [0.1, 0.15) is 12.2 Å². The number of alkyl halides is 3. The molecule has 1 heterocycles. The molecule has 0 amide bonds. The quantitative estimate of drug-likeness (QED) is 0.664. The molecule has 1 aromatic rings. The van der Waals surface area contributed by atoms with Crippen LogP contribution in [0.25, 0.3) is 0 Å². The molecule has 0 fully saturated rings. The lowest BCUT2D eigenvalue weighted by Crippen LogP contribution is -2.40. The molecule has 0 aromatic carbocycles. The number of nitro groups is 1. The molecule has 21 heavy (non-hydrogen) atoms. The zero-order valence-corrected chi connectivity index (χ0v) is 12.0. The van der Waals surface area contributed by atoms with Crippen molar-refractivity contribution in [1.82, 2.24) is 9.97 Å². The SMILES string of the molecule is CNc1nc(C)c([N+](=O)[O-])c(N(CC(F)(F)F)C(C)C)n1. The van der Waals surface area contributed by atoms with E-state index in [4.69, 9.17) is 0 Å². The van der Waals surface area contributed by atoms with Crippen LogP contribution in [0.15, 0.2) is 0 Å². The summed E-state index contributed by atoms with van der Waals surface area (Å²) in [5.74, 6) is -0.315. The van der Waals surface area contributed by atoms with E-state index < -0.39 is 29.4 Å². The van der Waals surface area contributed by atoms with Gasteiger partial charge in [-0.05, 0) is 20.8 Å². The van der Waals surface area contributed by atoms with Gasteiger partial charge in [0, 0.05) is 13.1 Å². The molecule has 1 N–H and O–H groups in total. The average molecular weight is 307 g/mol. The number of nitrogens with one attached hydrogen (secondary N) is 1. The fourth-order valence-electron chi connectivity index (χ4n) is 1.77. The highest BCUT2D eigenvalue weighted by Crippen LogP contribution is 2.33. The Morgan fingerprint density at radius 3 is 2.33 bits per heavy atom. The number of hydrogen-bond donors (Lipinski definition) is 1. The van der Waals surface area contributed by atoms with Crippen LogP contribution in [0.5, 0.6) is 0 Å². The van der Waals surface area contributed by atoms with Gasteiger partial charge in [-0.15, -0.1) is 0 Å². The third-order valence-corrected chi connectivity index (χ3v) is 2.69. The van der Waals surface area contributed by atoms with Crippen LogP contribution in [0.3, 0.4) is 0 Å². The maximum Gasteiger partial charge on any atom is 0.405 e. The van der Waals surface area contributed by atoms with Crippen molar-refractivity contribution < 1.29 is 18.1 Å². The minimum absolute atomic E-state index is 0.00201. The van der Waals surface area contributed by atoms with E-state index in [0.717, 1.165) is 4.90 Å². The second-order valence-electron chi connectivity index (χ2n) is 4.65. The van der Waals surface area contributed by atoms with E-state index in [-0.39, 0.29) is 17.5 Å². The summed E-state index contributed by atoms with van der Waals surface area (Å²) in [5, 5.41) is 13.7. The molecule has 1 rings (SSSR count). The Balaban J connectivity index is 3.47.